The van der Waals surface area contributed by atoms with E-state index in [0.717, 1.165) is 38.9 Å². The van der Waals surface area contributed by atoms with E-state index >= 15 is 0 Å². The second kappa shape index (κ2) is 7.53. The fourth-order valence-electron chi connectivity index (χ4n) is 3.51. The lowest BCUT2D eigenvalue weighted by Gasteiger charge is -2.32. The average Bonchev–Trinajstić information content (AvgIpc) is 3.03. The topological polar surface area (TPSA) is 48.1 Å². The number of nitrogens with one attached hydrogen (secondary N) is 2. The first-order valence-corrected chi connectivity index (χ1v) is 8.88. The van der Waals surface area contributed by atoms with Gasteiger partial charge in [0, 0.05) is 36.7 Å². The summed E-state index contributed by atoms with van der Waals surface area (Å²) in [6, 6.07) is 8.58. The number of aromatic nitrogens is 1. The van der Waals surface area contributed by atoms with E-state index in [0.29, 0.717) is 5.92 Å². The second-order valence-corrected chi connectivity index (χ2v) is 6.49. The van der Waals surface area contributed by atoms with Gasteiger partial charge in [0.05, 0.1) is 0 Å². The Kier molecular flexibility index (Phi) is 5.21. The average molecular weight is 313 g/mol. The maximum absolute atomic E-state index is 12.2. The molecule has 1 aliphatic heterocycles. The van der Waals surface area contributed by atoms with Gasteiger partial charge in [-0.1, -0.05) is 38.0 Å². The minimum absolute atomic E-state index is 0.110. The van der Waals surface area contributed by atoms with E-state index in [1.165, 1.54) is 29.3 Å². The van der Waals surface area contributed by atoms with Crippen LogP contribution < -0.4 is 5.32 Å². The van der Waals surface area contributed by atoms with Crippen molar-refractivity contribution in [3.8, 4) is 0 Å². The Labute approximate surface area is 138 Å². The molecule has 0 radical (unpaired) electrons. The number of hydrogen-bond donors (Lipinski definition) is 2. The standard InChI is InChI=1S/C19H27N3O/c1-2-3-6-11-20-19(23)22-12-9-15(10-13-22)17-14-21-18-8-5-4-7-16(17)18/h4-5,7-8,14-15,21H,2-3,6,9-13H2,1H3,(H,20,23). The molecule has 0 spiro atoms. The number of fused-ring (bicyclic) bond motifs is 1. The molecule has 1 aromatic carbocycles. The summed E-state index contributed by atoms with van der Waals surface area (Å²) >= 11 is 0. The lowest BCUT2D eigenvalue weighted by atomic mass is 9.89. The number of piperidine rings is 1. The molecular formula is C19H27N3O. The molecule has 2 aromatic rings. The van der Waals surface area contributed by atoms with Crippen molar-refractivity contribution in [2.24, 2.45) is 0 Å². The third-order valence-corrected chi connectivity index (χ3v) is 4.90. The van der Waals surface area contributed by atoms with Crippen molar-refractivity contribution >= 4 is 16.9 Å². The van der Waals surface area contributed by atoms with Crippen LogP contribution in [0.2, 0.25) is 0 Å². The number of urea groups is 1. The molecule has 0 atom stereocenters. The van der Waals surface area contributed by atoms with Gasteiger partial charge in [0.25, 0.3) is 0 Å². The fraction of sp³-hybridized carbons (Fsp3) is 0.526. The molecule has 4 heteroatoms. The molecule has 1 saturated heterocycles. The van der Waals surface area contributed by atoms with Crippen LogP contribution >= 0.6 is 0 Å². The molecule has 1 aliphatic rings. The minimum atomic E-state index is 0.110. The number of hydrogen-bond acceptors (Lipinski definition) is 1. The molecule has 1 aromatic heterocycles. The normalized spacial score (nSPS) is 16.0. The zero-order chi connectivity index (χ0) is 16.1. The summed E-state index contributed by atoms with van der Waals surface area (Å²) in [5.74, 6) is 0.551. The number of likely N-dealkylation sites (tertiary alicyclic amines) is 1. The van der Waals surface area contributed by atoms with E-state index in [9.17, 15) is 4.79 Å². The van der Waals surface area contributed by atoms with E-state index in [4.69, 9.17) is 0 Å². The second-order valence-electron chi connectivity index (χ2n) is 6.49. The maximum Gasteiger partial charge on any atom is 0.317 e. The number of rotatable bonds is 5. The third kappa shape index (κ3) is 3.69. The Hall–Kier alpha value is -1.97. The lowest BCUT2D eigenvalue weighted by molar-refractivity contribution is 0.181. The molecule has 0 saturated carbocycles. The van der Waals surface area contributed by atoms with E-state index in [-0.39, 0.29) is 6.03 Å². The van der Waals surface area contributed by atoms with Crippen LogP contribution in [0.4, 0.5) is 4.79 Å². The first-order valence-electron chi connectivity index (χ1n) is 8.88. The van der Waals surface area contributed by atoms with Gasteiger partial charge in [-0.05, 0) is 36.8 Å². The molecule has 124 valence electrons. The first-order chi connectivity index (χ1) is 11.3. The molecule has 2 N–H and O–H groups in total. The summed E-state index contributed by atoms with van der Waals surface area (Å²) in [7, 11) is 0. The van der Waals surface area contributed by atoms with Crippen LogP contribution in [0.15, 0.2) is 30.5 Å². The van der Waals surface area contributed by atoms with Crippen LogP contribution in [0.5, 0.6) is 0 Å². The highest BCUT2D eigenvalue weighted by Crippen LogP contribution is 2.32. The van der Waals surface area contributed by atoms with Crippen molar-refractivity contribution in [2.75, 3.05) is 19.6 Å². The van der Waals surface area contributed by atoms with Crippen molar-refractivity contribution in [2.45, 2.75) is 44.9 Å². The van der Waals surface area contributed by atoms with Crippen molar-refractivity contribution in [1.82, 2.24) is 15.2 Å². The monoisotopic (exact) mass is 313 g/mol. The molecule has 23 heavy (non-hydrogen) atoms. The van der Waals surface area contributed by atoms with E-state index < -0.39 is 0 Å². The smallest absolute Gasteiger partial charge is 0.317 e. The van der Waals surface area contributed by atoms with E-state index in [1.807, 2.05) is 4.90 Å². The Morgan fingerprint density at radius 3 is 2.83 bits per heavy atom. The predicted molar refractivity (Wildman–Crippen MR) is 94.8 cm³/mol. The SMILES string of the molecule is CCCCCNC(=O)N1CCC(c2c[nH]c3ccccc23)CC1. The third-order valence-electron chi connectivity index (χ3n) is 4.90. The van der Waals surface area contributed by atoms with Gasteiger partial charge in [0.1, 0.15) is 0 Å². The van der Waals surface area contributed by atoms with Crippen molar-refractivity contribution < 1.29 is 4.79 Å². The molecule has 2 heterocycles. The Balaban J connectivity index is 1.53. The minimum Gasteiger partial charge on any atom is -0.361 e. The summed E-state index contributed by atoms with van der Waals surface area (Å²) in [4.78, 5) is 17.5. The van der Waals surface area contributed by atoms with Crippen LogP contribution in [0.1, 0.15) is 50.5 Å². The number of H-pyrrole nitrogens is 1. The summed E-state index contributed by atoms with van der Waals surface area (Å²) < 4.78 is 0. The van der Waals surface area contributed by atoms with E-state index in [1.54, 1.807) is 0 Å². The van der Waals surface area contributed by atoms with Gasteiger partial charge in [0.2, 0.25) is 0 Å². The largest absolute Gasteiger partial charge is 0.361 e. The number of para-hydroxylation sites is 1. The summed E-state index contributed by atoms with van der Waals surface area (Å²) in [5.41, 5.74) is 2.61. The van der Waals surface area contributed by atoms with Crippen LogP contribution in [-0.4, -0.2) is 35.5 Å². The zero-order valence-corrected chi connectivity index (χ0v) is 14.0. The van der Waals surface area contributed by atoms with Gasteiger partial charge in [-0.15, -0.1) is 0 Å². The number of aromatic amines is 1. The van der Waals surface area contributed by atoms with Gasteiger partial charge in [-0.3, -0.25) is 0 Å². The molecule has 0 aliphatic carbocycles. The highest BCUT2D eigenvalue weighted by Gasteiger charge is 2.25. The highest BCUT2D eigenvalue weighted by molar-refractivity contribution is 5.83. The number of nitrogens with zero attached hydrogens (tertiary/aromatic N) is 1. The Morgan fingerprint density at radius 2 is 2.04 bits per heavy atom. The van der Waals surface area contributed by atoms with Gasteiger partial charge in [0.15, 0.2) is 0 Å². The predicted octanol–water partition coefficient (Wildman–Crippen LogP) is 4.25. The molecular weight excluding hydrogens is 286 g/mol. The first kappa shape index (κ1) is 15.9. The number of amides is 2. The summed E-state index contributed by atoms with van der Waals surface area (Å²) in [6.07, 6.45) is 7.69. The molecule has 2 amide bonds. The van der Waals surface area contributed by atoms with Gasteiger partial charge in [-0.2, -0.15) is 0 Å². The number of unbranched alkanes of at least 4 members (excludes halogenated alkanes) is 2. The van der Waals surface area contributed by atoms with Gasteiger partial charge in [-0.25, -0.2) is 4.79 Å². The Morgan fingerprint density at radius 1 is 1.26 bits per heavy atom. The lowest BCUT2D eigenvalue weighted by Crippen LogP contribution is -2.44. The van der Waals surface area contributed by atoms with E-state index in [2.05, 4.69) is 47.7 Å². The van der Waals surface area contributed by atoms with Gasteiger partial charge >= 0.3 is 6.03 Å². The number of benzene rings is 1. The van der Waals surface area contributed by atoms with Crippen LogP contribution in [0.25, 0.3) is 10.9 Å². The molecule has 1 fully saturated rings. The van der Waals surface area contributed by atoms with Crippen molar-refractivity contribution in [3.05, 3.63) is 36.0 Å². The highest BCUT2D eigenvalue weighted by atomic mass is 16.2. The van der Waals surface area contributed by atoms with Crippen LogP contribution in [0, 0.1) is 0 Å². The fourth-order valence-corrected chi connectivity index (χ4v) is 3.51. The quantitative estimate of drug-likeness (QED) is 0.797. The van der Waals surface area contributed by atoms with Gasteiger partial charge < -0.3 is 15.2 Å². The van der Waals surface area contributed by atoms with Crippen molar-refractivity contribution in [3.63, 3.8) is 0 Å². The maximum atomic E-state index is 12.2. The van der Waals surface area contributed by atoms with Crippen molar-refractivity contribution in [1.29, 1.82) is 0 Å². The molecule has 4 nitrogen and oxygen atoms in total. The Bertz CT molecular complexity index is 641. The zero-order valence-electron chi connectivity index (χ0n) is 14.0. The van der Waals surface area contributed by atoms with Crippen LogP contribution in [0.3, 0.4) is 0 Å². The number of carbonyl (C=O) groups is 1. The summed E-state index contributed by atoms with van der Waals surface area (Å²) in [6.45, 7) is 4.68. The van der Waals surface area contributed by atoms with Crippen LogP contribution in [-0.2, 0) is 0 Å². The molecule has 0 unspecified atom stereocenters. The molecule has 0 bridgehead atoms. The summed E-state index contributed by atoms with van der Waals surface area (Å²) in [5, 5.41) is 4.38. The molecule has 3 rings (SSSR count). The number of carbonyl (C=O) groups excluding carboxylic acids is 1.